The molecule has 0 radical (unpaired) electrons. The SMILES string of the molecule is Cc1cccc(NCc2csc(N)n2)c1C. The number of aromatic nitrogens is 1. The molecule has 0 spiro atoms. The third kappa shape index (κ3) is 2.33. The van der Waals surface area contributed by atoms with Gasteiger partial charge in [-0.1, -0.05) is 12.1 Å². The molecule has 2 aromatic rings. The zero-order valence-corrected chi connectivity index (χ0v) is 10.3. The lowest BCUT2D eigenvalue weighted by atomic mass is 10.1. The molecular weight excluding hydrogens is 218 g/mol. The van der Waals surface area contributed by atoms with E-state index in [1.807, 2.05) is 5.38 Å². The van der Waals surface area contributed by atoms with Crippen molar-refractivity contribution in [2.24, 2.45) is 0 Å². The van der Waals surface area contributed by atoms with E-state index < -0.39 is 0 Å². The molecule has 4 heteroatoms. The van der Waals surface area contributed by atoms with Crippen molar-refractivity contribution in [1.29, 1.82) is 0 Å². The van der Waals surface area contributed by atoms with E-state index in [-0.39, 0.29) is 0 Å². The van der Waals surface area contributed by atoms with Crippen LogP contribution in [-0.4, -0.2) is 4.98 Å². The first-order valence-corrected chi connectivity index (χ1v) is 6.05. The molecule has 0 saturated carbocycles. The van der Waals surface area contributed by atoms with E-state index in [9.17, 15) is 0 Å². The van der Waals surface area contributed by atoms with Gasteiger partial charge in [-0.25, -0.2) is 4.98 Å². The summed E-state index contributed by atoms with van der Waals surface area (Å²) in [6.07, 6.45) is 0. The average Bonchev–Trinajstić information content (AvgIpc) is 2.67. The van der Waals surface area contributed by atoms with E-state index in [4.69, 9.17) is 5.73 Å². The fourth-order valence-corrected chi connectivity index (χ4v) is 2.09. The monoisotopic (exact) mass is 233 g/mol. The molecule has 3 nitrogen and oxygen atoms in total. The minimum Gasteiger partial charge on any atom is -0.379 e. The second-order valence-corrected chi connectivity index (χ2v) is 4.67. The van der Waals surface area contributed by atoms with Gasteiger partial charge in [0.2, 0.25) is 0 Å². The van der Waals surface area contributed by atoms with E-state index in [1.165, 1.54) is 22.5 Å². The summed E-state index contributed by atoms with van der Waals surface area (Å²) in [6, 6.07) is 6.25. The third-order valence-electron chi connectivity index (χ3n) is 2.63. The number of benzene rings is 1. The topological polar surface area (TPSA) is 50.9 Å². The van der Waals surface area contributed by atoms with Crippen LogP contribution >= 0.6 is 11.3 Å². The van der Waals surface area contributed by atoms with Crippen LogP contribution in [0.2, 0.25) is 0 Å². The molecule has 1 aromatic heterocycles. The highest BCUT2D eigenvalue weighted by molar-refractivity contribution is 7.13. The van der Waals surface area contributed by atoms with E-state index in [1.54, 1.807) is 0 Å². The van der Waals surface area contributed by atoms with E-state index in [2.05, 4.69) is 42.3 Å². The third-order valence-corrected chi connectivity index (χ3v) is 3.36. The highest BCUT2D eigenvalue weighted by Crippen LogP contribution is 2.19. The molecule has 0 aliphatic rings. The second kappa shape index (κ2) is 4.53. The number of nitrogens with one attached hydrogen (secondary N) is 1. The van der Waals surface area contributed by atoms with E-state index in [0.29, 0.717) is 5.13 Å². The summed E-state index contributed by atoms with van der Waals surface area (Å²) in [4.78, 5) is 4.21. The Labute approximate surface area is 99.3 Å². The van der Waals surface area contributed by atoms with Crippen molar-refractivity contribution in [3.05, 3.63) is 40.4 Å². The lowest BCUT2D eigenvalue weighted by Crippen LogP contribution is -2.02. The lowest BCUT2D eigenvalue weighted by Gasteiger charge is -2.09. The molecule has 16 heavy (non-hydrogen) atoms. The number of nitrogens with zero attached hydrogens (tertiary/aromatic N) is 1. The van der Waals surface area contributed by atoms with Gasteiger partial charge in [-0.2, -0.15) is 0 Å². The Morgan fingerprint density at radius 1 is 1.38 bits per heavy atom. The number of thiazole rings is 1. The average molecular weight is 233 g/mol. The minimum atomic E-state index is 0.623. The van der Waals surface area contributed by atoms with Gasteiger partial charge < -0.3 is 11.1 Å². The normalized spacial score (nSPS) is 10.4. The Morgan fingerprint density at radius 2 is 2.19 bits per heavy atom. The number of hydrogen-bond acceptors (Lipinski definition) is 4. The molecule has 84 valence electrons. The van der Waals surface area contributed by atoms with Gasteiger partial charge in [0.05, 0.1) is 12.2 Å². The standard InChI is InChI=1S/C12H15N3S/c1-8-4-3-5-11(9(8)2)14-6-10-7-16-12(13)15-10/h3-5,7,14H,6H2,1-2H3,(H2,13,15). The number of rotatable bonds is 3. The van der Waals surface area contributed by atoms with Crippen molar-refractivity contribution in [1.82, 2.24) is 4.98 Å². The Hall–Kier alpha value is -1.55. The number of nitrogens with two attached hydrogens (primary N) is 1. The molecule has 0 atom stereocenters. The predicted molar refractivity (Wildman–Crippen MR) is 69.8 cm³/mol. The Morgan fingerprint density at radius 3 is 2.88 bits per heavy atom. The van der Waals surface area contributed by atoms with Crippen molar-refractivity contribution in [2.75, 3.05) is 11.1 Å². The Balaban J connectivity index is 2.07. The van der Waals surface area contributed by atoms with Crippen LogP contribution < -0.4 is 11.1 Å². The van der Waals surface area contributed by atoms with Crippen LogP contribution in [0.15, 0.2) is 23.6 Å². The molecule has 0 aliphatic heterocycles. The van der Waals surface area contributed by atoms with Gasteiger partial charge in [-0.05, 0) is 31.0 Å². The van der Waals surface area contributed by atoms with Crippen LogP contribution in [0.5, 0.6) is 0 Å². The number of aryl methyl sites for hydroxylation is 1. The quantitative estimate of drug-likeness (QED) is 0.857. The van der Waals surface area contributed by atoms with Crippen LogP contribution in [0.4, 0.5) is 10.8 Å². The van der Waals surface area contributed by atoms with E-state index >= 15 is 0 Å². The first-order valence-electron chi connectivity index (χ1n) is 5.17. The predicted octanol–water partition coefficient (Wildman–Crippen LogP) is 2.95. The highest BCUT2D eigenvalue weighted by atomic mass is 32.1. The first kappa shape index (κ1) is 11.0. The van der Waals surface area contributed by atoms with Crippen molar-refractivity contribution >= 4 is 22.2 Å². The van der Waals surface area contributed by atoms with Crippen LogP contribution in [0.3, 0.4) is 0 Å². The smallest absolute Gasteiger partial charge is 0.180 e. The van der Waals surface area contributed by atoms with Crippen LogP contribution in [0, 0.1) is 13.8 Å². The molecule has 0 bridgehead atoms. The number of anilines is 2. The van der Waals surface area contributed by atoms with Gasteiger partial charge >= 0.3 is 0 Å². The first-order chi connectivity index (χ1) is 7.66. The minimum absolute atomic E-state index is 0.623. The van der Waals surface area contributed by atoms with E-state index in [0.717, 1.165) is 17.9 Å². The maximum absolute atomic E-state index is 5.58. The van der Waals surface area contributed by atoms with Gasteiger partial charge in [0.15, 0.2) is 5.13 Å². The zero-order valence-electron chi connectivity index (χ0n) is 9.45. The second-order valence-electron chi connectivity index (χ2n) is 3.78. The molecule has 0 amide bonds. The van der Waals surface area contributed by atoms with Crippen LogP contribution in [0.25, 0.3) is 0 Å². The Kier molecular flexibility index (Phi) is 3.10. The summed E-state index contributed by atoms with van der Waals surface area (Å²) in [5, 5.41) is 5.97. The van der Waals surface area contributed by atoms with Crippen LogP contribution in [-0.2, 0) is 6.54 Å². The maximum Gasteiger partial charge on any atom is 0.180 e. The van der Waals surface area contributed by atoms with Gasteiger partial charge in [0.1, 0.15) is 0 Å². The largest absolute Gasteiger partial charge is 0.379 e. The lowest BCUT2D eigenvalue weighted by molar-refractivity contribution is 1.07. The maximum atomic E-state index is 5.58. The summed E-state index contributed by atoms with van der Waals surface area (Å²) < 4.78 is 0. The van der Waals surface area contributed by atoms with Gasteiger partial charge in [-0.15, -0.1) is 11.3 Å². The van der Waals surface area contributed by atoms with Gasteiger partial charge in [0, 0.05) is 11.1 Å². The molecule has 0 unspecified atom stereocenters. The fourth-order valence-electron chi connectivity index (χ4n) is 1.53. The van der Waals surface area contributed by atoms with Crippen LogP contribution in [0.1, 0.15) is 16.8 Å². The summed E-state index contributed by atoms with van der Waals surface area (Å²) in [5.41, 5.74) is 10.3. The number of nitrogen functional groups attached to an aromatic ring is 1. The van der Waals surface area contributed by atoms with Crippen molar-refractivity contribution in [2.45, 2.75) is 20.4 Å². The fraction of sp³-hybridized carbons (Fsp3) is 0.250. The van der Waals surface area contributed by atoms with Crippen molar-refractivity contribution < 1.29 is 0 Å². The molecule has 1 aromatic carbocycles. The molecule has 1 heterocycles. The summed E-state index contributed by atoms with van der Waals surface area (Å²) in [6.45, 7) is 4.95. The highest BCUT2D eigenvalue weighted by Gasteiger charge is 2.02. The van der Waals surface area contributed by atoms with Gasteiger partial charge in [0.25, 0.3) is 0 Å². The molecule has 0 aliphatic carbocycles. The summed E-state index contributed by atoms with van der Waals surface area (Å²) in [5.74, 6) is 0. The molecule has 2 rings (SSSR count). The summed E-state index contributed by atoms with van der Waals surface area (Å²) in [7, 11) is 0. The number of hydrogen-bond donors (Lipinski definition) is 2. The van der Waals surface area contributed by atoms with Crippen molar-refractivity contribution in [3.8, 4) is 0 Å². The van der Waals surface area contributed by atoms with Gasteiger partial charge in [-0.3, -0.25) is 0 Å². The Bertz CT molecular complexity index is 491. The summed E-state index contributed by atoms with van der Waals surface area (Å²) >= 11 is 1.47. The molecule has 0 fully saturated rings. The molecular formula is C12H15N3S. The molecule has 0 saturated heterocycles. The van der Waals surface area contributed by atoms with Crippen molar-refractivity contribution in [3.63, 3.8) is 0 Å². The molecule has 3 N–H and O–H groups in total. The zero-order chi connectivity index (χ0) is 11.5.